The summed E-state index contributed by atoms with van der Waals surface area (Å²) in [5.74, 6) is 0. The molecular formula is C4H4Cl2F2. The molecule has 0 N–H and O–H groups in total. The highest BCUT2D eigenvalue weighted by molar-refractivity contribution is 6.30. The summed E-state index contributed by atoms with van der Waals surface area (Å²) >= 11 is 9.49. The first kappa shape index (κ1) is 8.18. The molecule has 0 heterocycles. The molecule has 8 heavy (non-hydrogen) atoms. The highest BCUT2D eigenvalue weighted by Crippen LogP contribution is 2.20. The van der Waals surface area contributed by atoms with Crippen LogP contribution in [0.15, 0.2) is 11.4 Å². The van der Waals surface area contributed by atoms with E-state index in [1.54, 1.807) is 0 Å². The molecule has 0 aromatic heterocycles. The third kappa shape index (κ3) is 6.18. The van der Waals surface area contributed by atoms with Crippen molar-refractivity contribution >= 4 is 23.2 Å². The van der Waals surface area contributed by atoms with Gasteiger partial charge in [0.2, 0.25) is 5.13 Å². The summed E-state index contributed by atoms with van der Waals surface area (Å²) in [6.45, 7) is 0.983. The van der Waals surface area contributed by atoms with Crippen LogP contribution in [0.5, 0.6) is 0 Å². The van der Waals surface area contributed by atoms with Gasteiger partial charge in [0, 0.05) is 6.08 Å². The fourth-order valence-electron chi connectivity index (χ4n) is 0.192. The van der Waals surface area contributed by atoms with Crippen LogP contribution in [-0.2, 0) is 0 Å². The van der Waals surface area contributed by atoms with Gasteiger partial charge in [-0.2, -0.15) is 4.39 Å². The summed E-state index contributed by atoms with van der Waals surface area (Å²) in [6.07, 6.45) is 0.468. The summed E-state index contributed by atoms with van der Waals surface area (Å²) in [5.41, 5.74) is 0. The summed E-state index contributed by atoms with van der Waals surface area (Å²) < 4.78 is 23.5. The monoisotopic (exact) mass is 160 g/mol. The van der Waals surface area contributed by atoms with E-state index in [0.717, 1.165) is 6.92 Å². The number of allylic oxidation sites excluding steroid dienone is 1. The van der Waals surface area contributed by atoms with E-state index < -0.39 is 10.4 Å². The Hall–Kier alpha value is 0.180. The average Bonchev–Trinajstić information content (AvgIpc) is 1.21. The van der Waals surface area contributed by atoms with Gasteiger partial charge in [-0.1, -0.05) is 23.2 Å². The predicted molar refractivity (Wildman–Crippen MR) is 30.4 cm³/mol. The van der Waals surface area contributed by atoms with Crippen molar-refractivity contribution in [1.82, 2.24) is 0 Å². The molecule has 0 bridgehead atoms. The Bertz CT molecular complexity index is 99.1. The molecule has 0 aliphatic carbocycles. The van der Waals surface area contributed by atoms with Crippen LogP contribution in [-0.4, -0.2) is 5.13 Å². The molecular weight excluding hydrogens is 157 g/mol. The number of hydrogen-bond acceptors (Lipinski definition) is 0. The van der Waals surface area contributed by atoms with E-state index in [2.05, 4.69) is 11.6 Å². The van der Waals surface area contributed by atoms with Gasteiger partial charge in [-0.25, -0.2) is 4.39 Å². The van der Waals surface area contributed by atoms with Crippen molar-refractivity contribution in [1.29, 1.82) is 0 Å². The topological polar surface area (TPSA) is 0 Å². The standard InChI is InChI=1S/C4H4Cl2F2/c1-4(6,8)2-3(5)7/h2H,1H3/b3-2-. The first-order valence-electron chi connectivity index (χ1n) is 1.83. The van der Waals surface area contributed by atoms with E-state index in [9.17, 15) is 8.78 Å². The van der Waals surface area contributed by atoms with Crippen molar-refractivity contribution in [3.05, 3.63) is 11.4 Å². The SMILES string of the molecule is CC(F)(Cl)/C=C(\F)Cl. The number of hydrogen-bond donors (Lipinski definition) is 0. The van der Waals surface area contributed by atoms with Gasteiger partial charge in [-0.05, 0) is 6.92 Å². The van der Waals surface area contributed by atoms with Crippen molar-refractivity contribution < 1.29 is 8.78 Å². The fraction of sp³-hybridized carbons (Fsp3) is 0.500. The van der Waals surface area contributed by atoms with Crippen molar-refractivity contribution in [2.45, 2.75) is 12.1 Å². The van der Waals surface area contributed by atoms with Crippen LogP contribution < -0.4 is 0 Å². The van der Waals surface area contributed by atoms with Crippen molar-refractivity contribution in [2.75, 3.05) is 0 Å². The normalized spacial score (nSPS) is 20.4. The molecule has 0 aromatic carbocycles. The zero-order valence-electron chi connectivity index (χ0n) is 4.09. The van der Waals surface area contributed by atoms with Crippen LogP contribution in [0.25, 0.3) is 0 Å². The minimum atomic E-state index is -2.17. The summed E-state index contributed by atoms with van der Waals surface area (Å²) in [5, 5.41) is -3.31. The molecule has 0 nitrogen and oxygen atoms in total. The first-order chi connectivity index (χ1) is 3.42. The molecule has 0 aliphatic rings. The number of halogens is 4. The molecule has 4 heteroatoms. The smallest absolute Gasteiger partial charge is 0.203 e. The molecule has 0 saturated carbocycles. The third-order valence-electron chi connectivity index (χ3n) is 0.363. The van der Waals surface area contributed by atoms with Crippen molar-refractivity contribution in [3.63, 3.8) is 0 Å². The molecule has 0 saturated heterocycles. The van der Waals surface area contributed by atoms with Crippen LogP contribution in [0.2, 0.25) is 0 Å². The Balaban J connectivity index is 3.89. The lowest BCUT2D eigenvalue weighted by Gasteiger charge is -2.01. The lowest BCUT2D eigenvalue weighted by molar-refractivity contribution is 0.372. The van der Waals surface area contributed by atoms with Crippen molar-refractivity contribution in [2.24, 2.45) is 0 Å². The molecule has 0 spiro atoms. The van der Waals surface area contributed by atoms with E-state index in [4.69, 9.17) is 11.6 Å². The Morgan fingerprint density at radius 1 is 1.75 bits per heavy atom. The minimum absolute atomic E-state index is 0.468. The Morgan fingerprint density at radius 3 is 2.12 bits per heavy atom. The first-order valence-corrected chi connectivity index (χ1v) is 2.59. The van der Waals surface area contributed by atoms with Crippen molar-refractivity contribution in [3.8, 4) is 0 Å². The van der Waals surface area contributed by atoms with Crippen LogP contribution >= 0.6 is 23.2 Å². The van der Waals surface area contributed by atoms with Crippen LogP contribution in [0.1, 0.15) is 6.92 Å². The zero-order chi connectivity index (χ0) is 6.78. The molecule has 0 aromatic rings. The lowest BCUT2D eigenvalue weighted by atomic mass is 10.4. The molecule has 0 rings (SSSR count). The highest BCUT2D eigenvalue weighted by Gasteiger charge is 2.15. The quantitative estimate of drug-likeness (QED) is 0.518. The van der Waals surface area contributed by atoms with Crippen LogP contribution in [0, 0.1) is 0 Å². The van der Waals surface area contributed by atoms with Crippen LogP contribution in [0.4, 0.5) is 8.78 Å². The largest absolute Gasteiger partial charge is 0.222 e. The van der Waals surface area contributed by atoms with Gasteiger partial charge in [0.25, 0.3) is 0 Å². The second-order valence-corrected chi connectivity index (χ2v) is 2.49. The molecule has 0 aliphatic heterocycles. The Kier molecular flexibility index (Phi) is 2.71. The predicted octanol–water partition coefficient (Wildman–Crippen LogP) is 2.96. The molecule has 0 amide bonds. The van der Waals surface area contributed by atoms with Gasteiger partial charge in [-0.15, -0.1) is 0 Å². The van der Waals surface area contributed by atoms with Gasteiger partial charge in [0.05, 0.1) is 0 Å². The van der Waals surface area contributed by atoms with E-state index in [1.807, 2.05) is 0 Å². The van der Waals surface area contributed by atoms with E-state index in [1.165, 1.54) is 0 Å². The van der Waals surface area contributed by atoms with Gasteiger partial charge in [-0.3, -0.25) is 0 Å². The lowest BCUT2D eigenvalue weighted by Crippen LogP contribution is -2.01. The summed E-state index contributed by atoms with van der Waals surface area (Å²) in [7, 11) is 0. The van der Waals surface area contributed by atoms with Gasteiger partial charge in [0.15, 0.2) is 5.29 Å². The van der Waals surface area contributed by atoms with E-state index >= 15 is 0 Å². The molecule has 1 atom stereocenters. The second-order valence-electron chi connectivity index (χ2n) is 1.39. The number of rotatable bonds is 1. The average molecular weight is 161 g/mol. The zero-order valence-corrected chi connectivity index (χ0v) is 5.60. The van der Waals surface area contributed by atoms with Gasteiger partial charge in [0.1, 0.15) is 0 Å². The summed E-state index contributed by atoms with van der Waals surface area (Å²) in [4.78, 5) is 0. The second kappa shape index (κ2) is 2.65. The van der Waals surface area contributed by atoms with Gasteiger partial charge < -0.3 is 0 Å². The van der Waals surface area contributed by atoms with E-state index in [0.29, 0.717) is 6.08 Å². The van der Waals surface area contributed by atoms with Gasteiger partial charge >= 0.3 is 0 Å². The number of alkyl halides is 2. The Labute approximate surface area is 56.1 Å². The third-order valence-corrected chi connectivity index (χ3v) is 0.581. The van der Waals surface area contributed by atoms with Crippen LogP contribution in [0.3, 0.4) is 0 Å². The molecule has 48 valence electrons. The maximum Gasteiger partial charge on any atom is 0.203 e. The molecule has 1 unspecified atom stereocenters. The fourth-order valence-corrected chi connectivity index (χ4v) is 0.548. The summed E-state index contributed by atoms with van der Waals surface area (Å²) in [6, 6.07) is 0. The molecule has 0 radical (unpaired) electrons. The molecule has 0 fully saturated rings. The van der Waals surface area contributed by atoms with E-state index in [-0.39, 0.29) is 0 Å². The minimum Gasteiger partial charge on any atom is -0.222 e. The highest BCUT2D eigenvalue weighted by atomic mass is 35.5. The maximum atomic E-state index is 12.0. The Morgan fingerprint density at radius 2 is 2.12 bits per heavy atom. The maximum absolute atomic E-state index is 12.0.